The maximum Gasteiger partial charge on any atom is 0.411 e. The summed E-state index contributed by atoms with van der Waals surface area (Å²) in [6.07, 6.45) is 4.36. The normalized spacial score (nSPS) is 13.9. The van der Waals surface area contributed by atoms with E-state index in [1.165, 1.54) is 7.11 Å². The summed E-state index contributed by atoms with van der Waals surface area (Å²) < 4.78 is 32.5. The van der Waals surface area contributed by atoms with Crippen molar-refractivity contribution < 1.29 is 27.9 Å². The van der Waals surface area contributed by atoms with Crippen LogP contribution in [0.4, 0.5) is 25.0 Å². The number of nitrogens with zero attached hydrogens (tertiary/aromatic N) is 3. The molecule has 2 aromatic carbocycles. The van der Waals surface area contributed by atoms with Gasteiger partial charge in [-0.15, -0.1) is 0 Å². The van der Waals surface area contributed by atoms with Gasteiger partial charge < -0.3 is 15.5 Å². The Morgan fingerprint density at radius 1 is 1.18 bits per heavy atom. The summed E-state index contributed by atoms with van der Waals surface area (Å²) in [7, 11) is 2.88. The number of alkyl halides is 2. The van der Waals surface area contributed by atoms with Crippen LogP contribution in [-0.2, 0) is 4.74 Å². The number of halogens is 3. The quantitative estimate of drug-likeness (QED) is 0.0969. The number of nitrogens with two attached hydrogens (primary N) is 2. The summed E-state index contributed by atoms with van der Waals surface area (Å²) in [5.41, 5.74) is 9.72. The smallest absolute Gasteiger partial charge is 0.411 e. The molecule has 1 atom stereocenters. The lowest BCUT2D eigenvalue weighted by molar-refractivity contribution is -0.890. The molecule has 2 aromatic heterocycles. The zero-order valence-electron chi connectivity index (χ0n) is 24.1. The number of hydrazine groups is 1. The first kappa shape index (κ1) is 30.8. The minimum atomic E-state index is -2.85. The molecule has 0 radical (unpaired) electrons. The molecule has 5 rings (SSSR count). The Kier molecular flexibility index (Phi) is 9.31. The van der Waals surface area contributed by atoms with Gasteiger partial charge in [-0.25, -0.2) is 24.4 Å². The number of rotatable bonds is 11. The van der Waals surface area contributed by atoms with Gasteiger partial charge in [-0.05, 0) is 54.3 Å². The minimum Gasteiger partial charge on any atom is -0.453 e. The summed E-state index contributed by atoms with van der Waals surface area (Å²) in [6, 6.07) is 16.2. The number of H-pyrrole nitrogens is 1. The number of ether oxygens (including phenoxy) is 1. The van der Waals surface area contributed by atoms with Gasteiger partial charge in [0.2, 0.25) is 11.9 Å². The van der Waals surface area contributed by atoms with Crippen molar-refractivity contribution in [2.45, 2.75) is 31.6 Å². The van der Waals surface area contributed by atoms with E-state index in [2.05, 4.69) is 15.0 Å². The van der Waals surface area contributed by atoms with Gasteiger partial charge in [0.1, 0.15) is 18.9 Å². The van der Waals surface area contributed by atoms with Crippen LogP contribution in [0.2, 0.25) is 5.02 Å². The van der Waals surface area contributed by atoms with E-state index < -0.39 is 18.2 Å². The van der Waals surface area contributed by atoms with Crippen molar-refractivity contribution in [1.82, 2.24) is 9.97 Å². The maximum absolute atomic E-state index is 13.1. The Balaban J connectivity index is 1.47. The van der Waals surface area contributed by atoms with Gasteiger partial charge in [0, 0.05) is 33.3 Å². The van der Waals surface area contributed by atoms with E-state index in [1.54, 1.807) is 54.6 Å². The van der Waals surface area contributed by atoms with E-state index >= 15 is 0 Å². The molecule has 1 aliphatic carbocycles. The first-order chi connectivity index (χ1) is 21.2. The molecule has 1 saturated carbocycles. The first-order valence-electron chi connectivity index (χ1n) is 13.9. The fourth-order valence-electron chi connectivity index (χ4n) is 4.95. The second-order valence-electron chi connectivity index (χ2n) is 10.5. The highest BCUT2D eigenvalue weighted by molar-refractivity contribution is 6.31. The summed E-state index contributed by atoms with van der Waals surface area (Å²) in [4.78, 5) is 25.5. The van der Waals surface area contributed by atoms with Crippen molar-refractivity contribution in [2.24, 2.45) is 17.5 Å². The van der Waals surface area contributed by atoms with Crippen molar-refractivity contribution in [3.05, 3.63) is 95.4 Å². The molecular formula is C31H33ClF2N7O3+. The van der Waals surface area contributed by atoms with E-state index in [0.717, 1.165) is 53.2 Å². The van der Waals surface area contributed by atoms with Crippen LogP contribution in [0, 0.1) is 5.92 Å². The molecule has 4 aromatic rings. The van der Waals surface area contributed by atoms with Gasteiger partial charge in [0.05, 0.1) is 35.9 Å². The third-order valence-electron chi connectivity index (χ3n) is 7.41. The average molecular weight is 625 g/mol. The topological polar surface area (TPSA) is 135 Å². The SMILES string of the molecule is COC(=O)Nc1ccc(-c2cnc(C(CC3CC3)c3ccc(-c4cc(Cl)ccc4N(N)/C=C(\N)C(F)F)c[n+]3OC)[nH]2)cc1. The lowest BCUT2D eigenvalue weighted by atomic mass is 9.95. The second kappa shape index (κ2) is 13.3. The number of aromatic amines is 1. The fraction of sp³-hybridized carbons (Fsp3) is 0.258. The predicted octanol–water partition coefficient (Wildman–Crippen LogP) is 5.60. The number of pyridine rings is 1. The van der Waals surface area contributed by atoms with Crippen LogP contribution in [0.3, 0.4) is 0 Å². The van der Waals surface area contributed by atoms with Gasteiger partial charge in [0.25, 0.3) is 6.43 Å². The Morgan fingerprint density at radius 3 is 2.57 bits per heavy atom. The first-order valence-corrected chi connectivity index (χ1v) is 14.2. The number of benzene rings is 2. The van der Waals surface area contributed by atoms with E-state index in [9.17, 15) is 13.6 Å². The molecule has 0 saturated heterocycles. The fourth-order valence-corrected chi connectivity index (χ4v) is 5.12. The highest BCUT2D eigenvalue weighted by atomic mass is 35.5. The summed E-state index contributed by atoms with van der Waals surface area (Å²) >= 11 is 6.32. The number of amides is 1. The van der Waals surface area contributed by atoms with Crippen LogP contribution in [0.1, 0.15) is 36.7 Å². The van der Waals surface area contributed by atoms with E-state index in [1.807, 2.05) is 24.3 Å². The molecule has 6 N–H and O–H groups in total. The number of imidazole rings is 1. The molecule has 10 nitrogen and oxygen atoms in total. The zero-order valence-corrected chi connectivity index (χ0v) is 24.9. The number of allylic oxidation sites excluding steroid dienone is 1. The Bertz CT molecular complexity index is 1660. The second-order valence-corrected chi connectivity index (χ2v) is 10.9. The monoisotopic (exact) mass is 624 g/mol. The number of anilines is 2. The molecule has 1 unspecified atom stereocenters. The third kappa shape index (κ3) is 7.09. The zero-order chi connectivity index (χ0) is 31.4. The van der Waals surface area contributed by atoms with Crippen LogP contribution < -0.4 is 31.5 Å². The molecule has 0 aliphatic heterocycles. The van der Waals surface area contributed by atoms with Crippen molar-refractivity contribution in [3.63, 3.8) is 0 Å². The van der Waals surface area contributed by atoms with Gasteiger partial charge in [0.15, 0.2) is 0 Å². The van der Waals surface area contributed by atoms with Crippen molar-refractivity contribution >= 4 is 29.1 Å². The lowest BCUT2D eigenvalue weighted by Crippen LogP contribution is -2.45. The minimum absolute atomic E-state index is 0.107. The van der Waals surface area contributed by atoms with E-state index in [4.69, 9.17) is 33.0 Å². The van der Waals surface area contributed by atoms with Crippen LogP contribution in [0.25, 0.3) is 22.4 Å². The highest BCUT2D eigenvalue weighted by Gasteiger charge is 2.35. The number of aromatic nitrogens is 3. The molecule has 2 heterocycles. The number of carbonyl (C=O) groups is 1. The van der Waals surface area contributed by atoms with Crippen molar-refractivity contribution in [2.75, 3.05) is 24.5 Å². The van der Waals surface area contributed by atoms with Gasteiger partial charge in [-0.2, -0.15) is 0 Å². The maximum atomic E-state index is 13.1. The molecule has 1 amide bonds. The van der Waals surface area contributed by atoms with Gasteiger partial charge in [-0.1, -0.05) is 36.6 Å². The van der Waals surface area contributed by atoms with Crippen molar-refractivity contribution in [1.29, 1.82) is 0 Å². The predicted molar refractivity (Wildman–Crippen MR) is 164 cm³/mol. The van der Waals surface area contributed by atoms with Crippen LogP contribution in [-0.4, -0.2) is 36.7 Å². The lowest BCUT2D eigenvalue weighted by Gasteiger charge is -2.19. The average Bonchev–Trinajstić information content (AvgIpc) is 3.72. The Hall–Kier alpha value is -4.68. The summed E-state index contributed by atoms with van der Waals surface area (Å²) in [6.45, 7) is 0. The van der Waals surface area contributed by atoms with Gasteiger partial charge >= 0.3 is 6.09 Å². The third-order valence-corrected chi connectivity index (χ3v) is 7.64. The molecular weight excluding hydrogens is 592 g/mol. The highest BCUT2D eigenvalue weighted by Crippen LogP contribution is 2.41. The van der Waals surface area contributed by atoms with Crippen LogP contribution in [0.5, 0.6) is 0 Å². The number of hydrogen-bond acceptors (Lipinski definition) is 7. The number of hydrogen-bond donors (Lipinski definition) is 4. The summed E-state index contributed by atoms with van der Waals surface area (Å²) in [5.74, 6) is 7.37. The molecule has 230 valence electrons. The summed E-state index contributed by atoms with van der Waals surface area (Å²) in [5, 5.41) is 4.14. The Morgan fingerprint density at radius 2 is 1.91 bits per heavy atom. The van der Waals surface area contributed by atoms with E-state index in [-0.39, 0.29) is 5.92 Å². The largest absolute Gasteiger partial charge is 0.453 e. The molecule has 0 bridgehead atoms. The van der Waals surface area contributed by atoms with Gasteiger partial charge in [-0.3, -0.25) is 15.2 Å². The van der Waals surface area contributed by atoms with Crippen LogP contribution >= 0.6 is 11.6 Å². The van der Waals surface area contributed by atoms with Crippen molar-refractivity contribution in [3.8, 4) is 22.4 Å². The Labute approximate surface area is 258 Å². The van der Waals surface area contributed by atoms with E-state index in [0.29, 0.717) is 33.4 Å². The molecule has 1 fully saturated rings. The van der Waals surface area contributed by atoms with Crippen LogP contribution in [0.15, 0.2) is 78.9 Å². The number of methoxy groups -OCH3 is 1. The molecule has 44 heavy (non-hydrogen) atoms. The number of nitrogens with one attached hydrogen (secondary N) is 2. The molecule has 0 spiro atoms. The molecule has 13 heteroatoms. The number of carbonyl (C=O) groups excluding carboxylic acids is 1. The standard InChI is InChI=1S/C31H32ClF2N7O3/c1-43-31(42)38-22-9-5-19(6-10-22)26-15-37-30(39-26)24(13-18-3-4-18)28-11-7-20(16-41(28)44-2)23-14-21(32)8-12-27(23)40(36)17-25(35)29(33)34/h5-12,14-18,24,29H,3-4,13,35-36H2,1-2H3,(H-,37,38,39,42)/p+1/b25-17-. The molecule has 1 aliphatic rings.